The summed E-state index contributed by atoms with van der Waals surface area (Å²) in [6, 6.07) is 3.50. The molecule has 0 atom stereocenters. The van der Waals surface area contributed by atoms with Gasteiger partial charge in [0.1, 0.15) is 6.61 Å². The molecule has 0 aliphatic carbocycles. The number of hydrogen-bond donors (Lipinski definition) is 0. The van der Waals surface area contributed by atoms with E-state index in [0.29, 0.717) is 21.9 Å². The van der Waals surface area contributed by atoms with Crippen LogP contribution in [0.3, 0.4) is 0 Å². The molecule has 108 valence electrons. The van der Waals surface area contributed by atoms with Crippen LogP contribution in [0.4, 0.5) is 0 Å². The molecular formula is C15H12BrNO4. The van der Waals surface area contributed by atoms with E-state index in [1.165, 1.54) is 7.11 Å². The van der Waals surface area contributed by atoms with E-state index < -0.39 is 5.97 Å². The lowest BCUT2D eigenvalue weighted by atomic mass is 10.1. The van der Waals surface area contributed by atoms with Crippen LogP contribution in [0.25, 0.3) is 6.08 Å². The predicted octanol–water partition coefficient (Wildman–Crippen LogP) is 2.79. The van der Waals surface area contributed by atoms with Crippen molar-refractivity contribution < 1.29 is 19.0 Å². The Bertz CT molecular complexity index is 686. The molecule has 0 amide bonds. The normalized spacial score (nSPS) is 15.4. The molecule has 6 heteroatoms. The molecule has 0 aromatic heterocycles. The first-order valence-corrected chi connectivity index (χ1v) is 6.77. The molecule has 21 heavy (non-hydrogen) atoms. The van der Waals surface area contributed by atoms with Crippen LogP contribution in [0.2, 0.25) is 0 Å². The average Bonchev–Trinajstić information content (AvgIpc) is 2.75. The number of methoxy groups -OCH3 is 1. The van der Waals surface area contributed by atoms with E-state index in [1.807, 2.05) is 0 Å². The molecule has 0 unspecified atom stereocenters. The molecule has 0 bridgehead atoms. The van der Waals surface area contributed by atoms with Crippen molar-refractivity contribution in [1.29, 1.82) is 0 Å². The van der Waals surface area contributed by atoms with Gasteiger partial charge in [-0.3, -0.25) is 0 Å². The van der Waals surface area contributed by atoms with Crippen LogP contribution < -0.4 is 9.47 Å². The van der Waals surface area contributed by atoms with Crippen LogP contribution in [0.15, 0.2) is 27.3 Å². The summed E-state index contributed by atoms with van der Waals surface area (Å²) >= 11 is 3.39. The molecule has 0 fully saturated rings. The SMILES string of the molecule is C#CCOc1c(Br)cc(/C=C2/N=C(C)OC2=O)cc1OC. The second-order valence-corrected chi connectivity index (χ2v) is 4.93. The van der Waals surface area contributed by atoms with Gasteiger partial charge in [0.15, 0.2) is 23.1 Å². The van der Waals surface area contributed by atoms with Gasteiger partial charge in [-0.25, -0.2) is 9.79 Å². The lowest BCUT2D eigenvalue weighted by molar-refractivity contribution is -0.130. The highest BCUT2D eigenvalue weighted by Gasteiger charge is 2.20. The second kappa shape index (κ2) is 6.46. The summed E-state index contributed by atoms with van der Waals surface area (Å²) in [4.78, 5) is 15.6. The summed E-state index contributed by atoms with van der Waals surface area (Å²) < 4.78 is 16.2. The molecule has 0 saturated heterocycles. The molecule has 2 rings (SSSR count). The summed E-state index contributed by atoms with van der Waals surface area (Å²) in [7, 11) is 1.52. The molecular weight excluding hydrogens is 338 g/mol. The van der Waals surface area contributed by atoms with Crippen molar-refractivity contribution in [3.8, 4) is 23.8 Å². The van der Waals surface area contributed by atoms with Crippen molar-refractivity contribution in [3.63, 3.8) is 0 Å². The number of esters is 1. The standard InChI is InChI=1S/C15H12BrNO4/c1-4-5-20-14-11(16)6-10(8-13(14)19-3)7-12-15(18)21-9(2)17-12/h1,6-8H,5H2,2-3H3/b12-7+. The molecule has 1 aromatic rings. The number of aliphatic imine (C=N–C) groups is 1. The average molecular weight is 350 g/mol. The smallest absolute Gasteiger partial charge is 0.363 e. The fourth-order valence-electron chi connectivity index (χ4n) is 1.75. The van der Waals surface area contributed by atoms with Crippen molar-refractivity contribution in [1.82, 2.24) is 0 Å². The zero-order valence-electron chi connectivity index (χ0n) is 11.5. The van der Waals surface area contributed by atoms with Crippen molar-refractivity contribution in [2.45, 2.75) is 6.92 Å². The van der Waals surface area contributed by atoms with Crippen LogP contribution >= 0.6 is 15.9 Å². The number of cyclic esters (lactones) is 1. The van der Waals surface area contributed by atoms with Crippen molar-refractivity contribution in [2.24, 2.45) is 4.99 Å². The number of ether oxygens (including phenoxy) is 3. The Morgan fingerprint density at radius 1 is 1.52 bits per heavy atom. The number of halogens is 1. The molecule has 1 heterocycles. The third-order valence-electron chi connectivity index (χ3n) is 2.58. The summed E-state index contributed by atoms with van der Waals surface area (Å²) in [5.41, 5.74) is 0.955. The lowest BCUT2D eigenvalue weighted by Gasteiger charge is -2.11. The number of hydrogen-bond acceptors (Lipinski definition) is 5. The van der Waals surface area contributed by atoms with Crippen LogP contribution in [0.1, 0.15) is 12.5 Å². The van der Waals surface area contributed by atoms with Crippen molar-refractivity contribution >= 4 is 33.9 Å². The van der Waals surface area contributed by atoms with E-state index in [0.717, 1.165) is 5.56 Å². The number of terminal acetylenes is 1. The van der Waals surface area contributed by atoms with Gasteiger partial charge < -0.3 is 14.2 Å². The Balaban J connectivity index is 2.39. The van der Waals surface area contributed by atoms with Gasteiger partial charge >= 0.3 is 5.97 Å². The monoisotopic (exact) mass is 349 g/mol. The predicted molar refractivity (Wildman–Crippen MR) is 82.2 cm³/mol. The highest BCUT2D eigenvalue weighted by Crippen LogP contribution is 2.37. The zero-order valence-corrected chi connectivity index (χ0v) is 13.1. The molecule has 0 spiro atoms. The van der Waals surface area contributed by atoms with Gasteiger partial charge in [0.2, 0.25) is 0 Å². The van der Waals surface area contributed by atoms with Gasteiger partial charge in [-0.05, 0) is 39.7 Å². The number of nitrogens with zero attached hydrogens (tertiary/aromatic N) is 1. The van der Waals surface area contributed by atoms with Crippen LogP contribution in [0.5, 0.6) is 11.5 Å². The van der Waals surface area contributed by atoms with Crippen molar-refractivity contribution in [2.75, 3.05) is 13.7 Å². The third-order valence-corrected chi connectivity index (χ3v) is 3.17. The number of rotatable bonds is 4. The van der Waals surface area contributed by atoms with Crippen LogP contribution in [0, 0.1) is 12.3 Å². The molecule has 5 nitrogen and oxygen atoms in total. The Hall–Kier alpha value is -2.26. The minimum Gasteiger partial charge on any atom is -0.493 e. The second-order valence-electron chi connectivity index (χ2n) is 4.08. The topological polar surface area (TPSA) is 57.1 Å². The fraction of sp³-hybridized carbons (Fsp3) is 0.200. The van der Waals surface area contributed by atoms with Gasteiger partial charge in [-0.15, -0.1) is 6.42 Å². The first kappa shape index (κ1) is 15.1. The lowest BCUT2D eigenvalue weighted by Crippen LogP contribution is -2.00. The maximum atomic E-state index is 11.5. The van der Waals surface area contributed by atoms with E-state index in [-0.39, 0.29) is 12.3 Å². The van der Waals surface area contributed by atoms with Crippen LogP contribution in [-0.4, -0.2) is 25.6 Å². The summed E-state index contributed by atoms with van der Waals surface area (Å²) in [6.07, 6.45) is 6.79. The maximum Gasteiger partial charge on any atom is 0.363 e. The fourth-order valence-corrected chi connectivity index (χ4v) is 2.32. The molecule has 1 aromatic carbocycles. The maximum absolute atomic E-state index is 11.5. The first-order valence-electron chi connectivity index (χ1n) is 5.98. The summed E-state index contributed by atoms with van der Waals surface area (Å²) in [5, 5.41) is 0. The van der Waals surface area contributed by atoms with Crippen LogP contribution in [-0.2, 0) is 9.53 Å². The number of carbonyl (C=O) groups is 1. The van der Waals surface area contributed by atoms with E-state index in [4.69, 9.17) is 20.6 Å². The van der Waals surface area contributed by atoms with E-state index in [9.17, 15) is 4.79 Å². The van der Waals surface area contributed by atoms with Crippen molar-refractivity contribution in [3.05, 3.63) is 27.9 Å². The van der Waals surface area contributed by atoms with E-state index in [2.05, 4.69) is 26.8 Å². The minimum atomic E-state index is -0.477. The quantitative estimate of drug-likeness (QED) is 0.476. The molecule has 1 aliphatic heterocycles. The van der Waals surface area contributed by atoms with E-state index >= 15 is 0 Å². The van der Waals surface area contributed by atoms with Gasteiger partial charge in [0, 0.05) is 6.92 Å². The first-order chi connectivity index (χ1) is 10.0. The van der Waals surface area contributed by atoms with Gasteiger partial charge in [0.25, 0.3) is 0 Å². The minimum absolute atomic E-state index is 0.130. The third kappa shape index (κ3) is 3.44. The number of carbonyl (C=O) groups excluding carboxylic acids is 1. The van der Waals surface area contributed by atoms with Gasteiger partial charge in [-0.2, -0.15) is 0 Å². The summed E-state index contributed by atoms with van der Waals surface area (Å²) in [5.74, 6) is 3.24. The van der Waals surface area contributed by atoms with Gasteiger partial charge in [0.05, 0.1) is 11.6 Å². The largest absolute Gasteiger partial charge is 0.493 e. The zero-order chi connectivity index (χ0) is 15.4. The Kier molecular flexibility index (Phi) is 4.66. The molecule has 1 aliphatic rings. The Labute approximate surface area is 130 Å². The van der Waals surface area contributed by atoms with E-state index in [1.54, 1.807) is 25.1 Å². The van der Waals surface area contributed by atoms with Gasteiger partial charge in [-0.1, -0.05) is 5.92 Å². The Morgan fingerprint density at radius 3 is 2.86 bits per heavy atom. The molecule has 0 radical (unpaired) electrons. The number of benzene rings is 1. The molecule has 0 N–H and O–H groups in total. The summed E-state index contributed by atoms with van der Waals surface area (Å²) in [6.45, 7) is 1.75. The highest BCUT2D eigenvalue weighted by atomic mass is 79.9. The highest BCUT2D eigenvalue weighted by molar-refractivity contribution is 9.10. The molecule has 0 saturated carbocycles. The Morgan fingerprint density at radius 2 is 2.29 bits per heavy atom.